The van der Waals surface area contributed by atoms with Crippen LogP contribution < -0.4 is 20.1 Å². The van der Waals surface area contributed by atoms with Gasteiger partial charge in [-0.1, -0.05) is 0 Å². The third-order valence-electron chi connectivity index (χ3n) is 3.30. The lowest BCUT2D eigenvalue weighted by atomic mass is 10.2. The number of anilines is 1. The lowest BCUT2D eigenvalue weighted by molar-refractivity contribution is -0.136. The number of amides is 2. The van der Waals surface area contributed by atoms with Gasteiger partial charge in [0.25, 0.3) is 0 Å². The standard InChI is InChI=1S/C16H16N2O5/c1-10(7-12-3-2-6-21-12)17-15(19)16(20)18-11-4-5-13-14(8-11)23-9-22-13/h2-6,8,10H,7,9H2,1H3,(H,17,19)(H,18,20). The molecular formula is C16H16N2O5. The molecule has 0 saturated heterocycles. The molecule has 2 heterocycles. The van der Waals surface area contributed by atoms with Gasteiger partial charge in [-0.05, 0) is 31.2 Å². The molecule has 0 bridgehead atoms. The molecule has 0 saturated carbocycles. The highest BCUT2D eigenvalue weighted by Gasteiger charge is 2.19. The summed E-state index contributed by atoms with van der Waals surface area (Å²) < 4.78 is 15.6. The zero-order valence-corrected chi connectivity index (χ0v) is 12.5. The molecule has 2 aromatic rings. The highest BCUT2D eigenvalue weighted by molar-refractivity contribution is 6.39. The van der Waals surface area contributed by atoms with Gasteiger partial charge in [-0.3, -0.25) is 9.59 Å². The fourth-order valence-corrected chi connectivity index (χ4v) is 2.23. The van der Waals surface area contributed by atoms with Crippen LogP contribution in [0.15, 0.2) is 41.0 Å². The van der Waals surface area contributed by atoms with E-state index in [1.807, 2.05) is 6.07 Å². The van der Waals surface area contributed by atoms with E-state index in [9.17, 15) is 9.59 Å². The molecule has 0 fully saturated rings. The molecule has 120 valence electrons. The fraction of sp³-hybridized carbons (Fsp3) is 0.250. The summed E-state index contributed by atoms with van der Waals surface area (Å²) in [6, 6.07) is 8.29. The van der Waals surface area contributed by atoms with E-state index in [-0.39, 0.29) is 12.8 Å². The van der Waals surface area contributed by atoms with Crippen molar-refractivity contribution >= 4 is 17.5 Å². The molecule has 7 nitrogen and oxygen atoms in total. The fourth-order valence-electron chi connectivity index (χ4n) is 2.23. The number of furan rings is 1. The zero-order chi connectivity index (χ0) is 16.2. The van der Waals surface area contributed by atoms with Crippen LogP contribution in [0, 0.1) is 0 Å². The van der Waals surface area contributed by atoms with Crippen molar-refractivity contribution in [2.24, 2.45) is 0 Å². The van der Waals surface area contributed by atoms with Crippen LogP contribution in [0.2, 0.25) is 0 Å². The van der Waals surface area contributed by atoms with Crippen molar-refractivity contribution in [2.75, 3.05) is 12.1 Å². The van der Waals surface area contributed by atoms with Crippen LogP contribution in [-0.4, -0.2) is 24.6 Å². The van der Waals surface area contributed by atoms with Crippen LogP contribution in [0.4, 0.5) is 5.69 Å². The molecule has 0 radical (unpaired) electrons. The smallest absolute Gasteiger partial charge is 0.313 e. The van der Waals surface area contributed by atoms with E-state index in [1.54, 1.807) is 37.5 Å². The van der Waals surface area contributed by atoms with Crippen molar-refractivity contribution in [2.45, 2.75) is 19.4 Å². The second kappa shape index (κ2) is 6.43. The first-order chi connectivity index (χ1) is 11.1. The van der Waals surface area contributed by atoms with Crippen molar-refractivity contribution in [3.63, 3.8) is 0 Å². The number of benzene rings is 1. The van der Waals surface area contributed by atoms with Crippen LogP contribution in [0.3, 0.4) is 0 Å². The Morgan fingerprint density at radius 1 is 1.17 bits per heavy atom. The number of fused-ring (bicyclic) bond motifs is 1. The van der Waals surface area contributed by atoms with Gasteiger partial charge in [-0.2, -0.15) is 0 Å². The molecule has 1 aromatic heterocycles. The summed E-state index contributed by atoms with van der Waals surface area (Å²) in [7, 11) is 0. The average molecular weight is 316 g/mol. The monoisotopic (exact) mass is 316 g/mol. The Morgan fingerprint density at radius 2 is 2.00 bits per heavy atom. The van der Waals surface area contributed by atoms with Gasteiger partial charge < -0.3 is 24.5 Å². The zero-order valence-electron chi connectivity index (χ0n) is 12.5. The molecule has 0 aliphatic carbocycles. The maximum Gasteiger partial charge on any atom is 0.313 e. The minimum atomic E-state index is -0.741. The highest BCUT2D eigenvalue weighted by atomic mass is 16.7. The first kappa shape index (κ1) is 15.0. The number of rotatable bonds is 4. The highest BCUT2D eigenvalue weighted by Crippen LogP contribution is 2.34. The summed E-state index contributed by atoms with van der Waals surface area (Å²) in [6.07, 6.45) is 2.08. The van der Waals surface area contributed by atoms with Crippen molar-refractivity contribution in [3.05, 3.63) is 42.4 Å². The van der Waals surface area contributed by atoms with Crippen LogP contribution in [-0.2, 0) is 16.0 Å². The summed E-state index contributed by atoms with van der Waals surface area (Å²) in [5.41, 5.74) is 0.466. The predicted molar refractivity (Wildman–Crippen MR) is 81.2 cm³/mol. The van der Waals surface area contributed by atoms with Crippen molar-refractivity contribution < 1.29 is 23.5 Å². The molecule has 23 heavy (non-hydrogen) atoms. The predicted octanol–water partition coefficient (Wildman–Crippen LogP) is 1.69. The Bertz CT molecular complexity index is 711. The number of ether oxygens (including phenoxy) is 2. The molecule has 3 rings (SSSR count). The van der Waals surface area contributed by atoms with Crippen molar-refractivity contribution in [3.8, 4) is 11.5 Å². The van der Waals surface area contributed by atoms with E-state index in [2.05, 4.69) is 10.6 Å². The second-order valence-electron chi connectivity index (χ2n) is 5.18. The number of nitrogens with one attached hydrogen (secondary N) is 2. The van der Waals surface area contributed by atoms with Gasteiger partial charge in [0.15, 0.2) is 11.5 Å². The lowest BCUT2D eigenvalue weighted by Gasteiger charge is -2.12. The first-order valence-electron chi connectivity index (χ1n) is 7.15. The minimum absolute atomic E-state index is 0.150. The van der Waals surface area contributed by atoms with Gasteiger partial charge in [-0.25, -0.2) is 0 Å². The maximum atomic E-state index is 11.9. The lowest BCUT2D eigenvalue weighted by Crippen LogP contribution is -2.41. The molecule has 1 unspecified atom stereocenters. The van der Waals surface area contributed by atoms with E-state index >= 15 is 0 Å². The summed E-state index contributed by atoms with van der Waals surface area (Å²) in [4.78, 5) is 23.8. The summed E-state index contributed by atoms with van der Waals surface area (Å²) in [5.74, 6) is 0.444. The Hall–Kier alpha value is -2.96. The Balaban J connectivity index is 1.54. The van der Waals surface area contributed by atoms with Gasteiger partial charge in [0.05, 0.1) is 6.26 Å². The molecule has 0 spiro atoms. The first-order valence-corrected chi connectivity index (χ1v) is 7.15. The van der Waals surface area contributed by atoms with Gasteiger partial charge in [-0.15, -0.1) is 0 Å². The van der Waals surface area contributed by atoms with E-state index in [4.69, 9.17) is 13.9 Å². The van der Waals surface area contributed by atoms with Gasteiger partial charge in [0.1, 0.15) is 5.76 Å². The number of carbonyl (C=O) groups excluding carboxylic acids is 2. The quantitative estimate of drug-likeness (QED) is 0.838. The van der Waals surface area contributed by atoms with Crippen LogP contribution >= 0.6 is 0 Å². The molecule has 1 atom stereocenters. The number of carbonyl (C=O) groups is 2. The second-order valence-corrected chi connectivity index (χ2v) is 5.18. The van der Waals surface area contributed by atoms with Crippen LogP contribution in [0.5, 0.6) is 11.5 Å². The Kier molecular flexibility index (Phi) is 4.18. The van der Waals surface area contributed by atoms with E-state index in [0.29, 0.717) is 23.6 Å². The number of hydrogen-bond acceptors (Lipinski definition) is 5. The van der Waals surface area contributed by atoms with Crippen LogP contribution in [0.1, 0.15) is 12.7 Å². The molecule has 1 aliphatic rings. The van der Waals surface area contributed by atoms with E-state index < -0.39 is 11.8 Å². The topological polar surface area (TPSA) is 89.8 Å². The third-order valence-corrected chi connectivity index (χ3v) is 3.30. The minimum Gasteiger partial charge on any atom is -0.469 e. The van der Waals surface area contributed by atoms with Gasteiger partial charge >= 0.3 is 11.8 Å². The largest absolute Gasteiger partial charge is 0.469 e. The molecule has 7 heteroatoms. The molecule has 2 amide bonds. The Morgan fingerprint density at radius 3 is 2.78 bits per heavy atom. The van der Waals surface area contributed by atoms with E-state index in [1.165, 1.54) is 0 Å². The average Bonchev–Trinajstić information content (AvgIpc) is 3.17. The summed E-state index contributed by atoms with van der Waals surface area (Å²) >= 11 is 0. The van der Waals surface area contributed by atoms with E-state index in [0.717, 1.165) is 5.76 Å². The van der Waals surface area contributed by atoms with Crippen LogP contribution in [0.25, 0.3) is 0 Å². The molecule has 1 aromatic carbocycles. The van der Waals surface area contributed by atoms with Gasteiger partial charge in [0.2, 0.25) is 6.79 Å². The van der Waals surface area contributed by atoms with Gasteiger partial charge in [0, 0.05) is 24.2 Å². The normalized spacial score (nSPS) is 13.4. The van der Waals surface area contributed by atoms with Crippen molar-refractivity contribution in [1.29, 1.82) is 0 Å². The molecular weight excluding hydrogens is 300 g/mol. The maximum absolute atomic E-state index is 11.9. The summed E-state index contributed by atoms with van der Waals surface area (Å²) in [6.45, 7) is 1.95. The molecule has 2 N–H and O–H groups in total. The SMILES string of the molecule is CC(Cc1ccco1)NC(=O)C(=O)Nc1ccc2c(c1)OCO2. The third kappa shape index (κ3) is 3.63. The molecule has 1 aliphatic heterocycles. The summed E-state index contributed by atoms with van der Waals surface area (Å²) in [5, 5.41) is 5.15. The van der Waals surface area contributed by atoms with Crippen molar-refractivity contribution in [1.82, 2.24) is 5.32 Å². The number of hydrogen-bond donors (Lipinski definition) is 2. The Labute approximate surface area is 132 Å².